The van der Waals surface area contributed by atoms with E-state index in [4.69, 9.17) is 4.74 Å². The van der Waals surface area contributed by atoms with Crippen LogP contribution in [0, 0.1) is 23.5 Å². The lowest BCUT2D eigenvalue weighted by atomic mass is 9.75. The van der Waals surface area contributed by atoms with Crippen molar-refractivity contribution in [3.8, 4) is 11.8 Å². The molecule has 29 heavy (non-hydrogen) atoms. The number of ether oxygens (including phenoxy) is 1. The Morgan fingerprint density at radius 3 is 2.45 bits per heavy atom. The molecule has 5 nitrogen and oxygen atoms in total. The third-order valence-electron chi connectivity index (χ3n) is 4.91. The van der Waals surface area contributed by atoms with E-state index in [1.54, 1.807) is 13.0 Å². The maximum atomic E-state index is 13.5. The molecule has 8 heteroatoms. The van der Waals surface area contributed by atoms with Crippen LogP contribution in [0.2, 0.25) is 0 Å². The van der Waals surface area contributed by atoms with Gasteiger partial charge in [0.25, 0.3) is 0 Å². The van der Waals surface area contributed by atoms with Gasteiger partial charge in [0, 0.05) is 36.0 Å². The van der Waals surface area contributed by atoms with Gasteiger partial charge in [0.1, 0.15) is 22.9 Å². The lowest BCUT2D eigenvalue weighted by molar-refractivity contribution is -0.0262. The van der Waals surface area contributed by atoms with Gasteiger partial charge in [-0.1, -0.05) is 18.9 Å². The number of benzene rings is 1. The van der Waals surface area contributed by atoms with Gasteiger partial charge in [-0.15, -0.1) is 0 Å². The molecule has 0 unspecified atom stereocenters. The molecular weight excluding hydrogens is 379 g/mol. The molecule has 3 rings (SSSR count). The van der Waals surface area contributed by atoms with Crippen LogP contribution in [0.3, 0.4) is 0 Å². The predicted octanol–water partition coefficient (Wildman–Crippen LogP) is 1.28. The summed E-state index contributed by atoms with van der Waals surface area (Å²) < 4.78 is 32.2. The molecule has 1 aromatic carbocycles. The molecule has 0 aliphatic carbocycles. The molecule has 1 aliphatic rings. The average molecular weight is 401 g/mol. The highest BCUT2D eigenvalue weighted by Gasteiger charge is 2.27. The van der Waals surface area contributed by atoms with Crippen molar-refractivity contribution in [2.24, 2.45) is 0 Å². The molecule has 0 amide bonds. The van der Waals surface area contributed by atoms with Crippen LogP contribution in [-0.2, 0) is 11.2 Å². The summed E-state index contributed by atoms with van der Waals surface area (Å²) in [6.07, 6.45) is 1.06. The Morgan fingerprint density at radius 1 is 1.17 bits per heavy atom. The summed E-state index contributed by atoms with van der Waals surface area (Å²) in [5.74, 6) is 3.97. The van der Waals surface area contributed by atoms with Crippen LogP contribution in [0.1, 0.15) is 42.6 Å². The standard InChI is InChI=1S/C21H22BF2NO4/c1-14(10-15-11-16(23)13-17(24)12-15)20-19(22(27)28)3-2-18(25-20)4-5-21(26)6-8-29-9-7-21/h2-3,11-14,26-28H,6-10H2,1H3/t14-/m0/s1. The van der Waals surface area contributed by atoms with Gasteiger partial charge in [0.15, 0.2) is 0 Å². The minimum Gasteiger partial charge on any atom is -0.423 e. The van der Waals surface area contributed by atoms with E-state index in [2.05, 4.69) is 16.8 Å². The molecular formula is C21H22BF2NO4. The number of hydrogen-bond donors (Lipinski definition) is 3. The fraction of sp³-hybridized carbons (Fsp3) is 0.381. The van der Waals surface area contributed by atoms with Gasteiger partial charge in [-0.05, 0) is 36.1 Å². The molecule has 0 spiro atoms. The zero-order chi connectivity index (χ0) is 21.0. The first kappa shape index (κ1) is 21.4. The number of nitrogens with zero attached hydrogens (tertiary/aromatic N) is 1. The van der Waals surface area contributed by atoms with Crippen LogP contribution in [0.15, 0.2) is 30.3 Å². The fourth-order valence-electron chi connectivity index (χ4n) is 3.36. The Balaban J connectivity index is 1.89. The number of aliphatic hydroxyl groups is 1. The summed E-state index contributed by atoms with van der Waals surface area (Å²) >= 11 is 0. The third-order valence-corrected chi connectivity index (χ3v) is 4.91. The highest BCUT2D eigenvalue weighted by Crippen LogP contribution is 2.21. The first-order chi connectivity index (χ1) is 13.8. The van der Waals surface area contributed by atoms with Crippen molar-refractivity contribution >= 4 is 12.6 Å². The number of pyridine rings is 1. The van der Waals surface area contributed by atoms with Crippen molar-refractivity contribution < 1.29 is 28.7 Å². The molecule has 1 aromatic heterocycles. The first-order valence-electron chi connectivity index (χ1n) is 9.41. The largest absolute Gasteiger partial charge is 0.490 e. The van der Waals surface area contributed by atoms with Crippen LogP contribution in [-0.4, -0.2) is 46.1 Å². The molecule has 1 atom stereocenters. The molecule has 2 heterocycles. The topological polar surface area (TPSA) is 82.8 Å². The monoisotopic (exact) mass is 401 g/mol. The van der Waals surface area contributed by atoms with Crippen LogP contribution in [0.25, 0.3) is 0 Å². The Bertz CT molecular complexity index is 916. The van der Waals surface area contributed by atoms with Gasteiger partial charge >= 0.3 is 7.12 Å². The maximum Gasteiger partial charge on any atom is 0.490 e. The molecule has 0 radical (unpaired) electrons. The van der Waals surface area contributed by atoms with E-state index in [1.165, 1.54) is 18.2 Å². The number of aromatic nitrogens is 1. The minimum atomic E-state index is -1.74. The summed E-state index contributed by atoms with van der Waals surface area (Å²) in [4.78, 5) is 4.43. The Kier molecular flexibility index (Phi) is 6.65. The van der Waals surface area contributed by atoms with E-state index >= 15 is 0 Å². The van der Waals surface area contributed by atoms with Crippen LogP contribution < -0.4 is 5.46 Å². The van der Waals surface area contributed by atoms with Crippen molar-refractivity contribution in [3.05, 3.63) is 58.9 Å². The van der Waals surface area contributed by atoms with Gasteiger partial charge in [-0.2, -0.15) is 0 Å². The van der Waals surface area contributed by atoms with Crippen molar-refractivity contribution in [1.82, 2.24) is 4.98 Å². The van der Waals surface area contributed by atoms with E-state index in [0.717, 1.165) is 6.07 Å². The van der Waals surface area contributed by atoms with E-state index in [1.807, 2.05) is 0 Å². The molecule has 3 N–H and O–H groups in total. The van der Waals surface area contributed by atoms with Crippen LogP contribution in [0.5, 0.6) is 0 Å². The van der Waals surface area contributed by atoms with Crippen LogP contribution >= 0.6 is 0 Å². The quantitative estimate of drug-likeness (QED) is 0.531. The zero-order valence-electron chi connectivity index (χ0n) is 16.0. The Morgan fingerprint density at radius 2 is 1.83 bits per heavy atom. The van der Waals surface area contributed by atoms with Gasteiger partial charge < -0.3 is 19.9 Å². The average Bonchev–Trinajstić information content (AvgIpc) is 2.66. The van der Waals surface area contributed by atoms with Crippen molar-refractivity contribution in [1.29, 1.82) is 0 Å². The smallest absolute Gasteiger partial charge is 0.423 e. The summed E-state index contributed by atoms with van der Waals surface area (Å²) in [7, 11) is -1.74. The Labute approximate surface area is 168 Å². The predicted molar refractivity (Wildman–Crippen MR) is 104 cm³/mol. The molecule has 1 fully saturated rings. The lowest BCUT2D eigenvalue weighted by Gasteiger charge is -2.26. The summed E-state index contributed by atoms with van der Waals surface area (Å²) in [5, 5.41) is 29.8. The summed E-state index contributed by atoms with van der Waals surface area (Å²) in [6, 6.07) is 6.32. The normalized spacial score (nSPS) is 16.6. The SMILES string of the molecule is C[C@@H](Cc1cc(F)cc(F)c1)c1nc(C#CC2(O)CCOCC2)ccc1B(O)O. The third kappa shape index (κ3) is 5.61. The van der Waals surface area contributed by atoms with Gasteiger partial charge in [0.05, 0.1) is 13.2 Å². The molecule has 0 saturated carbocycles. The molecule has 1 aliphatic heterocycles. The first-order valence-corrected chi connectivity index (χ1v) is 9.41. The zero-order valence-corrected chi connectivity index (χ0v) is 16.0. The van der Waals surface area contributed by atoms with Gasteiger partial charge in [-0.3, -0.25) is 0 Å². The summed E-state index contributed by atoms with van der Waals surface area (Å²) in [5.41, 5.74) is 0.227. The van der Waals surface area contributed by atoms with Gasteiger partial charge in [-0.25, -0.2) is 13.8 Å². The fourth-order valence-corrected chi connectivity index (χ4v) is 3.36. The number of rotatable bonds is 4. The second kappa shape index (κ2) is 9.01. The second-order valence-corrected chi connectivity index (χ2v) is 7.32. The maximum absolute atomic E-state index is 13.5. The number of halogens is 2. The highest BCUT2D eigenvalue weighted by atomic mass is 19.1. The van der Waals surface area contributed by atoms with Gasteiger partial charge in [0.2, 0.25) is 0 Å². The van der Waals surface area contributed by atoms with Crippen molar-refractivity contribution in [2.75, 3.05) is 13.2 Å². The number of hydrogen-bond acceptors (Lipinski definition) is 5. The lowest BCUT2D eigenvalue weighted by Crippen LogP contribution is -2.35. The molecule has 1 saturated heterocycles. The van der Waals surface area contributed by atoms with E-state index in [0.29, 0.717) is 43.0 Å². The summed E-state index contributed by atoms with van der Waals surface area (Å²) in [6.45, 7) is 2.64. The van der Waals surface area contributed by atoms with E-state index in [-0.39, 0.29) is 17.8 Å². The van der Waals surface area contributed by atoms with E-state index in [9.17, 15) is 23.9 Å². The Hall–Kier alpha value is -2.31. The van der Waals surface area contributed by atoms with Crippen molar-refractivity contribution in [2.45, 2.75) is 37.7 Å². The van der Waals surface area contributed by atoms with Crippen molar-refractivity contribution in [3.63, 3.8) is 0 Å². The molecule has 2 aromatic rings. The molecule has 152 valence electrons. The highest BCUT2D eigenvalue weighted by molar-refractivity contribution is 6.59. The second-order valence-electron chi connectivity index (χ2n) is 7.32. The minimum absolute atomic E-state index is 0.199. The molecule has 0 bridgehead atoms. The van der Waals surface area contributed by atoms with E-state index < -0.39 is 24.4 Å². The van der Waals surface area contributed by atoms with Crippen LogP contribution in [0.4, 0.5) is 8.78 Å².